The van der Waals surface area contributed by atoms with E-state index < -0.39 is 8.07 Å². The highest BCUT2D eigenvalue weighted by Crippen LogP contribution is 2.30. The summed E-state index contributed by atoms with van der Waals surface area (Å²) in [6.07, 6.45) is 3.08. The monoisotopic (exact) mass is 340 g/mol. The molecule has 0 aliphatic rings. The number of nitrogens with zero attached hydrogens (tertiary/aromatic N) is 4. The van der Waals surface area contributed by atoms with E-state index in [1.807, 2.05) is 10.6 Å². The molecule has 24 heavy (non-hydrogen) atoms. The average molecular weight is 340 g/mol. The lowest BCUT2D eigenvalue weighted by Gasteiger charge is -2.16. The first kappa shape index (κ1) is 16.4. The van der Waals surface area contributed by atoms with Crippen molar-refractivity contribution in [1.29, 1.82) is 5.26 Å². The Kier molecular flexibility index (Phi) is 4.26. The molecule has 0 amide bonds. The summed E-state index contributed by atoms with van der Waals surface area (Å²) in [5.74, 6) is 0.0940. The number of nitriles is 1. The summed E-state index contributed by atoms with van der Waals surface area (Å²) >= 11 is 0. The molecule has 0 fully saturated rings. The van der Waals surface area contributed by atoms with Crippen molar-refractivity contribution in [3.8, 4) is 11.8 Å². The maximum Gasteiger partial charge on any atom is 0.143 e. The second kappa shape index (κ2) is 6.22. The molecule has 3 heterocycles. The first-order valence-electron chi connectivity index (χ1n) is 7.84. The fraction of sp³-hybridized carbons (Fsp3) is 0.353. The largest absolute Gasteiger partial charge is 0.506 e. The molecule has 3 aromatic heterocycles. The normalized spacial score (nSPS) is 11.9. The van der Waals surface area contributed by atoms with Crippen LogP contribution in [-0.4, -0.2) is 34.3 Å². The number of fused-ring (bicyclic) bond motifs is 3. The Balaban J connectivity index is 2.00. The van der Waals surface area contributed by atoms with E-state index in [4.69, 9.17) is 10.00 Å². The predicted molar refractivity (Wildman–Crippen MR) is 95.5 cm³/mol. The fourth-order valence-corrected chi connectivity index (χ4v) is 3.34. The van der Waals surface area contributed by atoms with Crippen LogP contribution >= 0.6 is 0 Å². The van der Waals surface area contributed by atoms with Crippen molar-refractivity contribution in [2.75, 3.05) is 6.61 Å². The third-order valence-corrected chi connectivity index (χ3v) is 5.61. The molecule has 0 saturated heterocycles. The number of pyridine rings is 2. The smallest absolute Gasteiger partial charge is 0.143 e. The summed E-state index contributed by atoms with van der Waals surface area (Å²) in [6.45, 7) is 8.02. The summed E-state index contributed by atoms with van der Waals surface area (Å²) < 4.78 is 7.79. The van der Waals surface area contributed by atoms with Gasteiger partial charge in [0.1, 0.15) is 29.9 Å². The van der Waals surface area contributed by atoms with E-state index in [1.54, 1.807) is 18.3 Å². The van der Waals surface area contributed by atoms with Crippen molar-refractivity contribution in [3.63, 3.8) is 0 Å². The molecule has 0 aliphatic carbocycles. The van der Waals surface area contributed by atoms with E-state index in [0.29, 0.717) is 24.7 Å². The Bertz CT molecular complexity index is 938. The van der Waals surface area contributed by atoms with Crippen LogP contribution < -0.4 is 0 Å². The topological polar surface area (TPSA) is 84.0 Å². The summed E-state index contributed by atoms with van der Waals surface area (Å²) in [5, 5.41) is 20.5. The summed E-state index contributed by atoms with van der Waals surface area (Å²) in [7, 11) is -1.14. The van der Waals surface area contributed by atoms with Crippen molar-refractivity contribution in [1.82, 2.24) is 14.5 Å². The highest BCUT2D eigenvalue weighted by Gasteiger charge is 2.15. The van der Waals surface area contributed by atoms with E-state index >= 15 is 0 Å². The van der Waals surface area contributed by atoms with Gasteiger partial charge in [-0.2, -0.15) is 5.26 Å². The van der Waals surface area contributed by atoms with Gasteiger partial charge in [-0.3, -0.25) is 4.57 Å². The van der Waals surface area contributed by atoms with Gasteiger partial charge in [-0.15, -0.1) is 0 Å². The molecule has 7 heteroatoms. The summed E-state index contributed by atoms with van der Waals surface area (Å²) in [5.41, 5.74) is 1.90. The zero-order valence-electron chi connectivity index (χ0n) is 14.1. The molecule has 0 spiro atoms. The minimum absolute atomic E-state index is 0.0940. The first-order valence-corrected chi connectivity index (χ1v) is 11.5. The van der Waals surface area contributed by atoms with Crippen LogP contribution in [0.5, 0.6) is 5.75 Å². The molecule has 0 saturated carbocycles. The second-order valence-electron chi connectivity index (χ2n) is 7.04. The number of aromatic hydroxyl groups is 1. The Morgan fingerprint density at radius 3 is 2.71 bits per heavy atom. The number of rotatable bonds is 5. The van der Waals surface area contributed by atoms with Gasteiger partial charge in [0.05, 0.1) is 17.9 Å². The zero-order valence-corrected chi connectivity index (χ0v) is 15.1. The number of hydrogen-bond donors (Lipinski definition) is 1. The molecule has 0 aromatic carbocycles. The van der Waals surface area contributed by atoms with Crippen molar-refractivity contribution in [3.05, 3.63) is 30.2 Å². The Morgan fingerprint density at radius 1 is 1.21 bits per heavy atom. The van der Waals surface area contributed by atoms with Crippen molar-refractivity contribution >= 4 is 30.0 Å². The van der Waals surface area contributed by atoms with Gasteiger partial charge in [-0.1, -0.05) is 19.6 Å². The van der Waals surface area contributed by atoms with E-state index in [0.717, 1.165) is 22.3 Å². The number of aromatic nitrogens is 3. The molecule has 6 nitrogen and oxygen atoms in total. The van der Waals surface area contributed by atoms with Crippen LogP contribution in [0.4, 0.5) is 0 Å². The summed E-state index contributed by atoms with van der Waals surface area (Å²) in [4.78, 5) is 8.48. The molecule has 0 atom stereocenters. The third kappa shape index (κ3) is 3.25. The quantitative estimate of drug-likeness (QED) is 0.568. The number of hydrogen-bond acceptors (Lipinski definition) is 5. The maximum atomic E-state index is 9.75. The van der Waals surface area contributed by atoms with Crippen LogP contribution in [0, 0.1) is 11.3 Å². The molecule has 3 rings (SSSR count). The molecule has 124 valence electrons. The Morgan fingerprint density at radius 2 is 2.00 bits per heavy atom. The predicted octanol–water partition coefficient (Wildman–Crippen LogP) is 3.47. The molecule has 0 unspecified atom stereocenters. The zero-order chi connectivity index (χ0) is 17.3. The fourth-order valence-electron chi connectivity index (χ4n) is 2.58. The SMILES string of the molecule is C[Si](C)(C)CCOCn1c2cnc(C#N)cc2c2cc(O)cnc21. The van der Waals surface area contributed by atoms with E-state index in [-0.39, 0.29) is 5.75 Å². The van der Waals surface area contributed by atoms with Gasteiger partial charge in [0.15, 0.2) is 0 Å². The molecule has 0 radical (unpaired) electrons. The van der Waals surface area contributed by atoms with Gasteiger partial charge >= 0.3 is 0 Å². The van der Waals surface area contributed by atoms with Crippen LogP contribution in [-0.2, 0) is 11.5 Å². The lowest BCUT2D eigenvalue weighted by atomic mass is 10.2. The van der Waals surface area contributed by atoms with E-state index in [9.17, 15) is 5.11 Å². The van der Waals surface area contributed by atoms with Crippen LogP contribution in [0.1, 0.15) is 5.69 Å². The van der Waals surface area contributed by atoms with E-state index in [2.05, 4.69) is 29.6 Å². The van der Waals surface area contributed by atoms with E-state index in [1.165, 1.54) is 6.20 Å². The van der Waals surface area contributed by atoms with Gasteiger partial charge in [-0.05, 0) is 18.2 Å². The molecular weight excluding hydrogens is 320 g/mol. The maximum absolute atomic E-state index is 9.75. The van der Waals surface area contributed by atoms with Crippen LogP contribution in [0.2, 0.25) is 25.7 Å². The number of ether oxygens (including phenoxy) is 1. The minimum atomic E-state index is -1.14. The Hall–Kier alpha value is -2.43. The molecular formula is C17H20N4O2Si. The van der Waals surface area contributed by atoms with Crippen molar-refractivity contribution in [2.24, 2.45) is 0 Å². The van der Waals surface area contributed by atoms with Crippen molar-refractivity contribution < 1.29 is 9.84 Å². The van der Waals surface area contributed by atoms with Gasteiger partial charge in [0.25, 0.3) is 0 Å². The van der Waals surface area contributed by atoms with Gasteiger partial charge in [0, 0.05) is 25.5 Å². The Labute approximate surface area is 141 Å². The average Bonchev–Trinajstić information content (AvgIpc) is 2.83. The second-order valence-corrected chi connectivity index (χ2v) is 12.7. The van der Waals surface area contributed by atoms with Crippen LogP contribution in [0.25, 0.3) is 21.9 Å². The summed E-state index contributed by atoms with van der Waals surface area (Å²) in [6, 6.07) is 6.52. The lowest BCUT2D eigenvalue weighted by molar-refractivity contribution is 0.0925. The van der Waals surface area contributed by atoms with Gasteiger partial charge in [-0.25, -0.2) is 9.97 Å². The lowest BCUT2D eigenvalue weighted by Crippen LogP contribution is -2.22. The van der Waals surface area contributed by atoms with Crippen LogP contribution in [0.3, 0.4) is 0 Å². The van der Waals surface area contributed by atoms with Crippen molar-refractivity contribution in [2.45, 2.75) is 32.4 Å². The molecule has 0 bridgehead atoms. The molecule has 0 aliphatic heterocycles. The standard InChI is InChI=1S/C17H20N4O2Si/c1-24(2,3)5-4-23-11-21-16-10-19-12(8-18)6-14(16)15-7-13(22)9-20-17(15)21/h6-7,9-10,22H,4-5,11H2,1-3H3. The minimum Gasteiger partial charge on any atom is -0.506 e. The van der Waals surface area contributed by atoms with Gasteiger partial charge in [0.2, 0.25) is 0 Å². The third-order valence-electron chi connectivity index (χ3n) is 3.90. The highest BCUT2D eigenvalue weighted by molar-refractivity contribution is 6.76. The highest BCUT2D eigenvalue weighted by atomic mass is 28.3. The first-order chi connectivity index (χ1) is 11.4. The van der Waals surface area contributed by atoms with Gasteiger partial charge < -0.3 is 9.84 Å². The molecule has 3 aromatic rings. The molecule has 1 N–H and O–H groups in total. The van der Waals surface area contributed by atoms with Crippen LogP contribution in [0.15, 0.2) is 24.5 Å².